The predicted octanol–water partition coefficient (Wildman–Crippen LogP) is 6.02. The zero-order chi connectivity index (χ0) is 20.9. The molecule has 1 aliphatic heterocycles. The molecule has 0 bridgehead atoms. The summed E-state index contributed by atoms with van der Waals surface area (Å²) in [5, 5.41) is -0.179. The minimum Gasteiger partial charge on any atom is -0.489 e. The van der Waals surface area contributed by atoms with Gasteiger partial charge < -0.3 is 4.74 Å². The normalized spacial score (nSPS) is 19.0. The lowest BCUT2D eigenvalue weighted by atomic mass is 9.89. The van der Waals surface area contributed by atoms with Crippen molar-refractivity contribution in [1.82, 2.24) is 4.90 Å². The predicted molar refractivity (Wildman–Crippen MR) is 116 cm³/mol. The zero-order valence-corrected chi connectivity index (χ0v) is 17.5. The average molecular weight is 426 g/mol. The second-order valence-electron chi connectivity index (χ2n) is 7.75. The van der Waals surface area contributed by atoms with Gasteiger partial charge in [-0.3, -0.25) is 14.5 Å². The van der Waals surface area contributed by atoms with E-state index in [9.17, 15) is 14.0 Å². The summed E-state index contributed by atoms with van der Waals surface area (Å²) in [7, 11) is 0. The topological polar surface area (TPSA) is 46.6 Å². The van der Waals surface area contributed by atoms with Crippen LogP contribution in [-0.2, 0) is 11.4 Å². The Labute approximate surface area is 180 Å². The molecule has 2 aliphatic rings. The first-order valence-corrected chi connectivity index (χ1v) is 11.1. The third kappa shape index (κ3) is 4.93. The van der Waals surface area contributed by atoms with Crippen LogP contribution in [0.4, 0.5) is 9.18 Å². The summed E-state index contributed by atoms with van der Waals surface area (Å²) >= 11 is 1.00. The molecule has 6 heteroatoms. The van der Waals surface area contributed by atoms with E-state index in [2.05, 4.69) is 0 Å². The number of ether oxygens (including phenoxy) is 1. The molecule has 156 valence electrons. The molecule has 4 rings (SSSR count). The molecule has 2 aromatic carbocycles. The van der Waals surface area contributed by atoms with Crippen molar-refractivity contribution in [3.05, 3.63) is 70.4 Å². The summed E-state index contributed by atoms with van der Waals surface area (Å²) in [5.41, 5.74) is 1.31. The fourth-order valence-corrected chi connectivity index (χ4v) is 4.72. The van der Waals surface area contributed by atoms with Crippen molar-refractivity contribution in [3.8, 4) is 5.75 Å². The SMILES string of the molecule is O=C1S/C(=C/c2ccc(OCc3ccccc3F)cc2)C(=O)N1CC1CCCCC1. The van der Waals surface area contributed by atoms with Gasteiger partial charge in [0.1, 0.15) is 18.2 Å². The number of halogens is 1. The molecular weight excluding hydrogens is 401 g/mol. The van der Waals surface area contributed by atoms with E-state index in [4.69, 9.17) is 4.74 Å². The number of thioether (sulfide) groups is 1. The van der Waals surface area contributed by atoms with Gasteiger partial charge in [0.05, 0.1) is 4.91 Å². The highest BCUT2D eigenvalue weighted by atomic mass is 32.2. The third-order valence-corrected chi connectivity index (χ3v) is 6.48. The second kappa shape index (κ2) is 9.47. The minimum absolute atomic E-state index is 0.145. The number of hydrogen-bond acceptors (Lipinski definition) is 4. The van der Waals surface area contributed by atoms with Gasteiger partial charge in [-0.2, -0.15) is 0 Å². The van der Waals surface area contributed by atoms with Gasteiger partial charge in [0.2, 0.25) is 0 Å². The lowest BCUT2D eigenvalue weighted by Gasteiger charge is -2.25. The van der Waals surface area contributed by atoms with E-state index in [0.29, 0.717) is 28.7 Å². The Morgan fingerprint density at radius 2 is 1.77 bits per heavy atom. The molecule has 1 aliphatic carbocycles. The Kier molecular flexibility index (Phi) is 6.53. The maximum absolute atomic E-state index is 13.7. The Bertz CT molecular complexity index is 951. The van der Waals surface area contributed by atoms with Gasteiger partial charge in [-0.25, -0.2) is 4.39 Å². The van der Waals surface area contributed by atoms with Crippen LogP contribution in [0.3, 0.4) is 0 Å². The number of amides is 2. The molecule has 4 nitrogen and oxygen atoms in total. The highest BCUT2D eigenvalue weighted by Crippen LogP contribution is 2.35. The van der Waals surface area contributed by atoms with Crippen LogP contribution in [0.25, 0.3) is 6.08 Å². The molecule has 1 saturated carbocycles. The van der Waals surface area contributed by atoms with Crippen molar-refractivity contribution in [2.45, 2.75) is 38.7 Å². The first-order chi connectivity index (χ1) is 14.6. The first kappa shape index (κ1) is 20.7. The van der Waals surface area contributed by atoms with E-state index in [1.54, 1.807) is 36.4 Å². The van der Waals surface area contributed by atoms with Crippen LogP contribution in [-0.4, -0.2) is 22.6 Å². The number of benzene rings is 2. The Hall–Kier alpha value is -2.60. The lowest BCUT2D eigenvalue weighted by Crippen LogP contribution is -2.34. The van der Waals surface area contributed by atoms with Crippen molar-refractivity contribution in [2.75, 3.05) is 6.54 Å². The average Bonchev–Trinajstić information content (AvgIpc) is 3.02. The number of carbonyl (C=O) groups excluding carboxylic acids is 2. The highest BCUT2D eigenvalue weighted by Gasteiger charge is 2.36. The molecule has 0 spiro atoms. The van der Waals surface area contributed by atoms with Crippen molar-refractivity contribution >= 4 is 29.0 Å². The molecule has 2 aromatic rings. The molecule has 0 radical (unpaired) electrons. The van der Waals surface area contributed by atoms with Crippen molar-refractivity contribution in [3.63, 3.8) is 0 Å². The Morgan fingerprint density at radius 3 is 2.50 bits per heavy atom. The summed E-state index contributed by atoms with van der Waals surface area (Å²) in [5.74, 6) is 0.548. The maximum Gasteiger partial charge on any atom is 0.293 e. The quantitative estimate of drug-likeness (QED) is 0.531. The first-order valence-electron chi connectivity index (χ1n) is 10.3. The molecule has 0 N–H and O–H groups in total. The van der Waals surface area contributed by atoms with E-state index in [1.807, 2.05) is 12.1 Å². The second-order valence-corrected chi connectivity index (χ2v) is 8.74. The number of rotatable bonds is 6. The van der Waals surface area contributed by atoms with Crippen LogP contribution in [0.2, 0.25) is 0 Å². The zero-order valence-electron chi connectivity index (χ0n) is 16.7. The fraction of sp³-hybridized carbons (Fsp3) is 0.333. The van der Waals surface area contributed by atoms with E-state index in [0.717, 1.165) is 30.2 Å². The molecule has 0 unspecified atom stereocenters. The van der Waals surface area contributed by atoms with Gasteiger partial charge in [0, 0.05) is 12.1 Å². The molecule has 30 heavy (non-hydrogen) atoms. The van der Waals surface area contributed by atoms with Gasteiger partial charge in [0.25, 0.3) is 11.1 Å². The Balaban J connectivity index is 1.37. The van der Waals surface area contributed by atoms with Crippen molar-refractivity contribution in [2.24, 2.45) is 5.92 Å². The smallest absolute Gasteiger partial charge is 0.293 e. The minimum atomic E-state index is -0.293. The van der Waals surface area contributed by atoms with Gasteiger partial charge in [-0.05, 0) is 60.4 Å². The molecule has 2 fully saturated rings. The van der Waals surface area contributed by atoms with Crippen molar-refractivity contribution in [1.29, 1.82) is 0 Å². The summed E-state index contributed by atoms with van der Waals surface area (Å²) in [6.45, 7) is 0.677. The van der Waals surface area contributed by atoms with E-state index in [1.165, 1.54) is 30.2 Å². The molecular formula is C24H24FNO3S. The maximum atomic E-state index is 13.7. The van der Waals surface area contributed by atoms with Gasteiger partial charge in [-0.15, -0.1) is 0 Å². The summed E-state index contributed by atoms with van der Waals surface area (Å²) in [6, 6.07) is 13.7. The standard InChI is InChI=1S/C24H24FNO3S/c25-21-9-5-4-8-19(21)16-29-20-12-10-17(11-13-20)14-22-23(27)26(24(28)30-22)15-18-6-2-1-3-7-18/h4-5,8-14,18H,1-3,6-7,15-16H2/b22-14+. The van der Waals surface area contributed by atoms with Crippen LogP contribution in [0.5, 0.6) is 5.75 Å². The van der Waals surface area contributed by atoms with Crippen LogP contribution in [0, 0.1) is 11.7 Å². The molecule has 0 aromatic heterocycles. The van der Waals surface area contributed by atoms with Gasteiger partial charge >= 0.3 is 0 Å². The number of imide groups is 1. The van der Waals surface area contributed by atoms with E-state index < -0.39 is 0 Å². The summed E-state index contributed by atoms with van der Waals surface area (Å²) in [4.78, 5) is 26.9. The molecule has 0 atom stereocenters. The van der Waals surface area contributed by atoms with Gasteiger partial charge in [0.15, 0.2) is 0 Å². The van der Waals surface area contributed by atoms with Crippen LogP contribution in [0.1, 0.15) is 43.2 Å². The number of hydrogen-bond donors (Lipinski definition) is 0. The number of nitrogens with zero attached hydrogens (tertiary/aromatic N) is 1. The lowest BCUT2D eigenvalue weighted by molar-refractivity contribution is -0.123. The largest absolute Gasteiger partial charge is 0.489 e. The highest BCUT2D eigenvalue weighted by molar-refractivity contribution is 8.18. The van der Waals surface area contributed by atoms with Crippen molar-refractivity contribution < 1.29 is 18.7 Å². The molecule has 2 amide bonds. The summed E-state index contributed by atoms with van der Waals surface area (Å²) in [6.07, 6.45) is 7.54. The van der Waals surface area contributed by atoms with E-state index >= 15 is 0 Å². The molecule has 1 heterocycles. The van der Waals surface area contributed by atoms with Crippen LogP contribution < -0.4 is 4.74 Å². The van der Waals surface area contributed by atoms with Gasteiger partial charge in [-0.1, -0.05) is 49.6 Å². The monoisotopic (exact) mass is 425 g/mol. The number of carbonyl (C=O) groups is 2. The van der Waals surface area contributed by atoms with Crippen LogP contribution >= 0.6 is 11.8 Å². The molecule has 1 saturated heterocycles. The fourth-order valence-electron chi connectivity index (χ4n) is 3.87. The van der Waals surface area contributed by atoms with E-state index in [-0.39, 0.29) is 23.6 Å². The van der Waals surface area contributed by atoms with Crippen LogP contribution in [0.15, 0.2) is 53.4 Å². The summed E-state index contributed by atoms with van der Waals surface area (Å²) < 4.78 is 19.3. The third-order valence-electron chi connectivity index (χ3n) is 5.57. The Morgan fingerprint density at radius 1 is 1.03 bits per heavy atom.